The minimum Gasteiger partial charge on any atom is -0.490 e. The number of ether oxygens (including phenoxy) is 1. The summed E-state index contributed by atoms with van der Waals surface area (Å²) >= 11 is 15.2. The summed E-state index contributed by atoms with van der Waals surface area (Å²) in [6.45, 7) is 2.46. The Morgan fingerprint density at radius 1 is 1.37 bits per heavy atom. The number of anilines is 1. The highest BCUT2D eigenvalue weighted by molar-refractivity contribution is 8.01. The molecule has 2 aromatic rings. The Bertz CT molecular complexity index is 555. The van der Waals surface area contributed by atoms with Gasteiger partial charge in [0.2, 0.25) is 0 Å². The van der Waals surface area contributed by atoms with Crippen LogP contribution in [0.25, 0.3) is 0 Å². The second kappa shape index (κ2) is 6.70. The van der Waals surface area contributed by atoms with E-state index in [1.807, 2.05) is 6.92 Å². The van der Waals surface area contributed by atoms with E-state index in [0.29, 0.717) is 27.5 Å². The van der Waals surface area contributed by atoms with E-state index >= 15 is 0 Å². The highest BCUT2D eigenvalue weighted by atomic mass is 35.5. The van der Waals surface area contributed by atoms with Crippen LogP contribution in [-0.4, -0.2) is 17.3 Å². The minimum absolute atomic E-state index is 0.519. The molecule has 19 heavy (non-hydrogen) atoms. The van der Waals surface area contributed by atoms with Gasteiger partial charge < -0.3 is 10.5 Å². The standard InChI is InChI=1S/C12H12Cl2N2OS2/c1-7-11(19-12(15)16-7)18-6-5-17-10-8(13)3-2-4-9(10)14/h2-4H,5-6H2,1H3,(H2,15,16). The monoisotopic (exact) mass is 334 g/mol. The molecule has 7 heteroatoms. The topological polar surface area (TPSA) is 48.1 Å². The van der Waals surface area contributed by atoms with Crippen LogP contribution >= 0.6 is 46.3 Å². The van der Waals surface area contributed by atoms with Crippen LogP contribution in [0.1, 0.15) is 5.69 Å². The molecule has 2 N–H and O–H groups in total. The van der Waals surface area contributed by atoms with Crippen LogP contribution in [0.3, 0.4) is 0 Å². The van der Waals surface area contributed by atoms with E-state index in [0.717, 1.165) is 15.7 Å². The van der Waals surface area contributed by atoms with Crippen LogP contribution in [-0.2, 0) is 0 Å². The van der Waals surface area contributed by atoms with Gasteiger partial charge in [-0.2, -0.15) is 0 Å². The summed E-state index contributed by atoms with van der Waals surface area (Å²) in [5.74, 6) is 1.32. The van der Waals surface area contributed by atoms with Gasteiger partial charge >= 0.3 is 0 Å². The van der Waals surface area contributed by atoms with Gasteiger partial charge in [-0.1, -0.05) is 40.6 Å². The van der Waals surface area contributed by atoms with Gasteiger partial charge in [0.1, 0.15) is 0 Å². The summed E-state index contributed by atoms with van der Waals surface area (Å²) in [7, 11) is 0. The minimum atomic E-state index is 0.519. The molecule has 2 rings (SSSR count). The van der Waals surface area contributed by atoms with Crippen molar-refractivity contribution >= 4 is 51.4 Å². The summed E-state index contributed by atoms with van der Waals surface area (Å²) < 4.78 is 6.72. The Hall–Kier alpha value is -0.620. The van der Waals surface area contributed by atoms with E-state index in [2.05, 4.69) is 4.98 Å². The highest BCUT2D eigenvalue weighted by Crippen LogP contribution is 2.33. The molecule has 0 bridgehead atoms. The number of nitrogen functional groups attached to an aromatic ring is 1. The van der Waals surface area contributed by atoms with Crippen molar-refractivity contribution in [1.29, 1.82) is 0 Å². The normalized spacial score (nSPS) is 10.7. The first-order valence-electron chi connectivity index (χ1n) is 5.50. The number of thioether (sulfide) groups is 1. The van der Waals surface area contributed by atoms with Crippen molar-refractivity contribution in [2.75, 3.05) is 18.1 Å². The van der Waals surface area contributed by atoms with Gasteiger partial charge in [-0.15, -0.1) is 11.8 Å². The number of rotatable bonds is 5. The molecule has 0 amide bonds. The van der Waals surface area contributed by atoms with Crippen molar-refractivity contribution in [3.05, 3.63) is 33.9 Å². The zero-order chi connectivity index (χ0) is 13.8. The van der Waals surface area contributed by atoms with E-state index in [1.54, 1.807) is 30.0 Å². The molecule has 102 valence electrons. The molecule has 3 nitrogen and oxygen atoms in total. The quantitative estimate of drug-likeness (QED) is 0.645. The average Bonchev–Trinajstić information content (AvgIpc) is 2.66. The molecule has 0 aliphatic heterocycles. The molecule has 1 aromatic carbocycles. The SMILES string of the molecule is Cc1nc(N)sc1SCCOc1c(Cl)cccc1Cl. The molecule has 1 aromatic heterocycles. The first-order valence-corrected chi connectivity index (χ1v) is 8.06. The molecule has 1 heterocycles. The number of aryl methyl sites for hydroxylation is 1. The molecule has 0 unspecified atom stereocenters. The lowest BCUT2D eigenvalue weighted by Crippen LogP contribution is -2.01. The van der Waals surface area contributed by atoms with Crippen molar-refractivity contribution in [3.63, 3.8) is 0 Å². The van der Waals surface area contributed by atoms with Gasteiger partial charge in [0.05, 0.1) is 26.6 Å². The maximum absolute atomic E-state index is 6.01. The lowest BCUT2D eigenvalue weighted by atomic mass is 10.3. The highest BCUT2D eigenvalue weighted by Gasteiger charge is 2.08. The summed E-state index contributed by atoms with van der Waals surface area (Å²) in [4.78, 5) is 4.17. The largest absolute Gasteiger partial charge is 0.490 e. The van der Waals surface area contributed by atoms with Crippen molar-refractivity contribution in [3.8, 4) is 5.75 Å². The van der Waals surface area contributed by atoms with Crippen LogP contribution < -0.4 is 10.5 Å². The lowest BCUT2D eigenvalue weighted by Gasteiger charge is -2.09. The summed E-state index contributed by atoms with van der Waals surface area (Å²) in [6.07, 6.45) is 0. The van der Waals surface area contributed by atoms with E-state index < -0.39 is 0 Å². The van der Waals surface area contributed by atoms with Gasteiger partial charge in [0.15, 0.2) is 10.9 Å². The fourth-order valence-corrected chi connectivity index (χ4v) is 3.86. The molecule has 0 radical (unpaired) electrons. The van der Waals surface area contributed by atoms with Crippen LogP contribution in [0.2, 0.25) is 10.0 Å². The van der Waals surface area contributed by atoms with Crippen molar-refractivity contribution < 1.29 is 4.74 Å². The van der Waals surface area contributed by atoms with E-state index in [-0.39, 0.29) is 0 Å². The number of benzene rings is 1. The smallest absolute Gasteiger partial charge is 0.181 e. The van der Waals surface area contributed by atoms with Crippen LogP contribution in [0.5, 0.6) is 5.75 Å². The Morgan fingerprint density at radius 3 is 2.63 bits per heavy atom. The third-order valence-electron chi connectivity index (χ3n) is 2.25. The lowest BCUT2D eigenvalue weighted by molar-refractivity contribution is 0.344. The Morgan fingerprint density at radius 2 is 2.05 bits per heavy atom. The first kappa shape index (κ1) is 14.8. The van der Waals surface area contributed by atoms with Gasteiger partial charge in [-0.3, -0.25) is 0 Å². The molecule has 0 aliphatic carbocycles. The Kier molecular flexibility index (Phi) is 5.21. The van der Waals surface area contributed by atoms with E-state index in [9.17, 15) is 0 Å². The molecule has 0 fully saturated rings. The fourth-order valence-electron chi connectivity index (χ4n) is 1.43. The van der Waals surface area contributed by atoms with Crippen LogP contribution in [0.15, 0.2) is 22.4 Å². The molecule has 0 atom stereocenters. The average molecular weight is 335 g/mol. The second-order valence-corrected chi connectivity index (χ2v) is 6.88. The molecule has 0 saturated carbocycles. The zero-order valence-electron chi connectivity index (χ0n) is 10.2. The predicted octanol–water partition coefficient (Wildman–Crippen LogP) is 4.51. The zero-order valence-corrected chi connectivity index (χ0v) is 13.3. The number of hydrogen-bond donors (Lipinski definition) is 1. The van der Waals surface area contributed by atoms with Crippen molar-refractivity contribution in [2.24, 2.45) is 0 Å². The van der Waals surface area contributed by atoms with E-state index in [1.165, 1.54) is 11.3 Å². The predicted molar refractivity (Wildman–Crippen MR) is 83.9 cm³/mol. The van der Waals surface area contributed by atoms with Gasteiger partial charge in [0.25, 0.3) is 0 Å². The molecule has 0 saturated heterocycles. The molecule has 0 spiro atoms. The molecule has 0 aliphatic rings. The maximum atomic E-state index is 6.01. The third kappa shape index (κ3) is 3.92. The van der Waals surface area contributed by atoms with Gasteiger partial charge in [0, 0.05) is 5.75 Å². The van der Waals surface area contributed by atoms with E-state index in [4.69, 9.17) is 33.7 Å². The first-order chi connectivity index (χ1) is 9.08. The maximum Gasteiger partial charge on any atom is 0.181 e. The number of thiazole rings is 1. The number of nitrogens with two attached hydrogens (primary N) is 1. The van der Waals surface area contributed by atoms with Crippen molar-refractivity contribution in [2.45, 2.75) is 11.1 Å². The van der Waals surface area contributed by atoms with Crippen LogP contribution in [0.4, 0.5) is 5.13 Å². The van der Waals surface area contributed by atoms with Gasteiger partial charge in [-0.25, -0.2) is 4.98 Å². The summed E-state index contributed by atoms with van der Waals surface area (Å²) in [5, 5.41) is 1.64. The Labute approximate surface area is 130 Å². The van der Waals surface area contributed by atoms with Gasteiger partial charge in [-0.05, 0) is 19.1 Å². The number of aromatic nitrogens is 1. The Balaban J connectivity index is 1.86. The molecular formula is C12H12Cl2N2OS2. The summed E-state index contributed by atoms with van der Waals surface area (Å²) in [6, 6.07) is 5.30. The number of halogens is 2. The summed E-state index contributed by atoms with van der Waals surface area (Å²) in [5.41, 5.74) is 6.60. The second-order valence-electron chi connectivity index (χ2n) is 3.67. The van der Waals surface area contributed by atoms with Crippen molar-refractivity contribution in [1.82, 2.24) is 4.98 Å². The number of para-hydroxylation sites is 1. The number of nitrogens with zero attached hydrogens (tertiary/aromatic N) is 1. The third-order valence-corrected chi connectivity index (χ3v) is 5.16. The number of hydrogen-bond acceptors (Lipinski definition) is 5. The molecular weight excluding hydrogens is 323 g/mol. The van der Waals surface area contributed by atoms with Crippen LogP contribution in [0, 0.1) is 6.92 Å². The fraction of sp³-hybridized carbons (Fsp3) is 0.250.